The fourth-order valence-electron chi connectivity index (χ4n) is 3.87. The smallest absolute Gasteiger partial charge is 0.329 e. The molecule has 0 atom stereocenters. The van der Waals surface area contributed by atoms with E-state index in [0.29, 0.717) is 59.9 Å². The Morgan fingerprint density at radius 3 is 2.45 bits per heavy atom. The minimum Gasteiger partial charge on any atom is -0.383 e. The maximum absolute atomic E-state index is 12.5. The lowest BCUT2D eigenvalue weighted by Crippen LogP contribution is -2.47. The first kappa shape index (κ1) is 21.9. The van der Waals surface area contributed by atoms with Crippen LogP contribution < -0.4 is 16.1 Å². The number of hydrogen-bond acceptors (Lipinski definition) is 6. The van der Waals surface area contributed by atoms with Crippen LogP contribution in [0.3, 0.4) is 0 Å². The lowest BCUT2D eigenvalue weighted by molar-refractivity contribution is 0.188. The molecule has 2 aromatic heterocycles. The molecule has 0 unspecified atom stereocenters. The molecule has 0 amide bonds. The number of aryl methyl sites for hydroxylation is 1. The number of aromatic nitrogens is 4. The van der Waals surface area contributed by atoms with Gasteiger partial charge in [0.05, 0.1) is 6.61 Å². The van der Waals surface area contributed by atoms with Gasteiger partial charge in [-0.05, 0) is 12.1 Å². The zero-order chi connectivity index (χ0) is 22.1. The van der Waals surface area contributed by atoms with E-state index in [1.807, 2.05) is 22.8 Å². The van der Waals surface area contributed by atoms with Gasteiger partial charge in [0, 0.05) is 69.0 Å². The maximum Gasteiger partial charge on any atom is 0.329 e. The highest BCUT2D eigenvalue weighted by molar-refractivity contribution is 6.35. The molecule has 1 aliphatic heterocycles. The standard InChI is InChI=1S/C20H24Cl2N6O3/c1-25-17-16(18(29)24-20(25)30)28(10-11-31-2)19(23-17)27-8-6-26(7-9-27)12-13-14(21)4-3-5-15(13)22/h3-5H,6-12H2,1-2H3,(H,24,29,30). The van der Waals surface area contributed by atoms with Crippen molar-refractivity contribution in [2.75, 3.05) is 44.8 Å². The third-order valence-corrected chi connectivity index (χ3v) is 6.31. The van der Waals surface area contributed by atoms with E-state index < -0.39 is 11.2 Å². The number of piperazine rings is 1. The first-order valence-corrected chi connectivity index (χ1v) is 10.7. The number of ether oxygens (including phenoxy) is 1. The molecule has 4 rings (SSSR count). The van der Waals surface area contributed by atoms with Crippen LogP contribution in [-0.2, 0) is 24.9 Å². The van der Waals surface area contributed by atoms with Gasteiger partial charge < -0.3 is 14.2 Å². The van der Waals surface area contributed by atoms with Crippen LogP contribution >= 0.6 is 23.2 Å². The molecule has 0 bridgehead atoms. The van der Waals surface area contributed by atoms with Crippen molar-refractivity contribution in [1.29, 1.82) is 0 Å². The second-order valence-electron chi connectivity index (χ2n) is 7.51. The fraction of sp³-hybridized carbons (Fsp3) is 0.450. The van der Waals surface area contributed by atoms with Crippen molar-refractivity contribution in [2.24, 2.45) is 7.05 Å². The van der Waals surface area contributed by atoms with Crippen LogP contribution in [0.15, 0.2) is 27.8 Å². The third-order valence-electron chi connectivity index (χ3n) is 5.60. The van der Waals surface area contributed by atoms with Crippen LogP contribution in [0.4, 0.5) is 5.95 Å². The van der Waals surface area contributed by atoms with Gasteiger partial charge in [0.25, 0.3) is 5.56 Å². The number of imidazole rings is 1. The summed E-state index contributed by atoms with van der Waals surface area (Å²) in [5.41, 5.74) is 0.736. The van der Waals surface area contributed by atoms with E-state index in [4.69, 9.17) is 27.9 Å². The third kappa shape index (κ3) is 4.23. The van der Waals surface area contributed by atoms with Crippen molar-refractivity contribution in [1.82, 2.24) is 24.0 Å². The predicted molar refractivity (Wildman–Crippen MR) is 121 cm³/mol. The summed E-state index contributed by atoms with van der Waals surface area (Å²) in [6.07, 6.45) is 0. The van der Waals surface area contributed by atoms with Crippen molar-refractivity contribution in [3.8, 4) is 0 Å². The molecule has 31 heavy (non-hydrogen) atoms. The molecule has 3 heterocycles. The fourth-order valence-corrected chi connectivity index (χ4v) is 4.39. The molecular weight excluding hydrogens is 443 g/mol. The molecule has 1 aliphatic rings. The van der Waals surface area contributed by atoms with Gasteiger partial charge in [-0.2, -0.15) is 4.98 Å². The lowest BCUT2D eigenvalue weighted by Gasteiger charge is -2.35. The van der Waals surface area contributed by atoms with Gasteiger partial charge in [0.1, 0.15) is 0 Å². The Morgan fingerprint density at radius 2 is 1.81 bits per heavy atom. The van der Waals surface area contributed by atoms with Crippen LogP contribution in [-0.4, -0.2) is 63.9 Å². The molecule has 166 valence electrons. The van der Waals surface area contributed by atoms with Gasteiger partial charge in [-0.15, -0.1) is 0 Å². The molecule has 3 aromatic rings. The zero-order valence-corrected chi connectivity index (χ0v) is 18.9. The Morgan fingerprint density at radius 1 is 1.13 bits per heavy atom. The van der Waals surface area contributed by atoms with Crippen molar-refractivity contribution in [3.63, 3.8) is 0 Å². The average Bonchev–Trinajstić information content (AvgIpc) is 3.14. The van der Waals surface area contributed by atoms with Crippen molar-refractivity contribution < 1.29 is 4.74 Å². The Bertz CT molecular complexity index is 1190. The Hall–Kier alpha value is -2.33. The van der Waals surface area contributed by atoms with E-state index in [-0.39, 0.29) is 0 Å². The van der Waals surface area contributed by atoms with Crippen LogP contribution in [0.5, 0.6) is 0 Å². The highest BCUT2D eigenvalue weighted by Gasteiger charge is 2.25. The van der Waals surface area contributed by atoms with Crippen molar-refractivity contribution >= 4 is 40.3 Å². The number of nitrogens with one attached hydrogen (secondary N) is 1. The summed E-state index contributed by atoms with van der Waals surface area (Å²) in [5.74, 6) is 0.661. The van der Waals surface area contributed by atoms with Crippen molar-refractivity contribution in [2.45, 2.75) is 13.1 Å². The lowest BCUT2D eigenvalue weighted by atomic mass is 10.2. The summed E-state index contributed by atoms with van der Waals surface area (Å²) in [6, 6.07) is 5.53. The second kappa shape index (κ2) is 9.04. The first-order chi connectivity index (χ1) is 14.9. The van der Waals surface area contributed by atoms with Gasteiger partial charge in [0.15, 0.2) is 11.2 Å². The molecule has 0 saturated carbocycles. The number of methoxy groups -OCH3 is 1. The summed E-state index contributed by atoms with van der Waals surface area (Å²) in [6.45, 7) is 4.54. The number of fused-ring (bicyclic) bond motifs is 1. The van der Waals surface area contributed by atoms with Crippen LogP contribution in [0.2, 0.25) is 10.0 Å². The average molecular weight is 467 g/mol. The highest BCUT2D eigenvalue weighted by Crippen LogP contribution is 2.27. The highest BCUT2D eigenvalue weighted by atomic mass is 35.5. The minimum absolute atomic E-state index is 0.366. The summed E-state index contributed by atoms with van der Waals surface area (Å²) in [4.78, 5) is 36.0. The molecule has 9 nitrogen and oxygen atoms in total. The number of nitrogens with zero attached hydrogens (tertiary/aromatic N) is 5. The van der Waals surface area contributed by atoms with E-state index >= 15 is 0 Å². The number of halogens is 2. The van der Waals surface area contributed by atoms with Gasteiger partial charge in [-0.25, -0.2) is 4.79 Å². The number of aromatic amines is 1. The molecule has 11 heteroatoms. The molecule has 1 aromatic carbocycles. The molecule has 1 saturated heterocycles. The number of benzene rings is 1. The van der Waals surface area contributed by atoms with E-state index in [1.165, 1.54) is 4.57 Å². The normalized spacial score (nSPS) is 15.2. The summed E-state index contributed by atoms with van der Waals surface area (Å²) in [7, 11) is 3.21. The minimum atomic E-state index is -0.484. The summed E-state index contributed by atoms with van der Waals surface area (Å²) >= 11 is 12.6. The van der Waals surface area contributed by atoms with E-state index in [1.54, 1.807) is 14.2 Å². The number of rotatable bonds is 6. The van der Waals surface area contributed by atoms with Crippen LogP contribution in [0.1, 0.15) is 5.56 Å². The summed E-state index contributed by atoms with van der Waals surface area (Å²) in [5, 5.41) is 1.33. The van der Waals surface area contributed by atoms with Gasteiger partial charge >= 0.3 is 5.69 Å². The van der Waals surface area contributed by atoms with E-state index in [9.17, 15) is 9.59 Å². The molecule has 0 spiro atoms. The Balaban J connectivity index is 1.60. The molecule has 1 fully saturated rings. The van der Waals surface area contributed by atoms with Gasteiger partial charge in [-0.3, -0.25) is 19.2 Å². The first-order valence-electron chi connectivity index (χ1n) is 9.99. The molecule has 0 radical (unpaired) electrons. The monoisotopic (exact) mass is 466 g/mol. The predicted octanol–water partition coefficient (Wildman–Crippen LogP) is 1.70. The Kier molecular flexibility index (Phi) is 6.38. The second-order valence-corrected chi connectivity index (χ2v) is 8.32. The SMILES string of the molecule is COCCn1c(N2CCN(Cc3c(Cl)cccc3Cl)CC2)nc2c1c(=O)[nH]c(=O)n2C. The molecular formula is C20H24Cl2N6O3. The van der Waals surface area contributed by atoms with Gasteiger partial charge in [-0.1, -0.05) is 29.3 Å². The molecule has 1 N–H and O–H groups in total. The van der Waals surface area contributed by atoms with Gasteiger partial charge in [0.2, 0.25) is 5.95 Å². The number of H-pyrrole nitrogens is 1. The van der Waals surface area contributed by atoms with Crippen LogP contribution in [0, 0.1) is 0 Å². The summed E-state index contributed by atoms with van der Waals surface area (Å²) < 4.78 is 8.42. The molecule has 0 aliphatic carbocycles. The van der Waals surface area contributed by atoms with Crippen molar-refractivity contribution in [3.05, 3.63) is 54.6 Å². The zero-order valence-electron chi connectivity index (χ0n) is 17.4. The topological polar surface area (TPSA) is 88.4 Å². The van der Waals surface area contributed by atoms with E-state index in [2.05, 4.69) is 19.8 Å². The number of anilines is 1. The largest absolute Gasteiger partial charge is 0.383 e. The number of hydrogen-bond donors (Lipinski definition) is 1. The maximum atomic E-state index is 12.5. The quantitative estimate of drug-likeness (QED) is 0.594. The Labute approximate surface area is 188 Å². The van der Waals surface area contributed by atoms with E-state index in [0.717, 1.165) is 18.7 Å². The van der Waals surface area contributed by atoms with Crippen LogP contribution in [0.25, 0.3) is 11.2 Å².